The molecule has 2 aromatic heterocycles. The number of nitrogen functional groups attached to an aromatic ring is 1. The van der Waals surface area contributed by atoms with Crippen molar-refractivity contribution in [2.24, 2.45) is 0 Å². The first-order valence-corrected chi connectivity index (χ1v) is 8.75. The van der Waals surface area contributed by atoms with E-state index in [1.54, 1.807) is 0 Å². The number of nitrogens with zero attached hydrogens (tertiary/aromatic N) is 1. The van der Waals surface area contributed by atoms with Crippen LogP contribution < -0.4 is 5.73 Å². The monoisotopic (exact) mass is 317 g/mol. The highest BCUT2D eigenvalue weighted by Crippen LogP contribution is 2.33. The molecule has 0 radical (unpaired) electrons. The molecule has 1 aliphatic heterocycles. The number of hydrogen-bond donors (Lipinski definition) is 2. The number of carbonyl (C=O) groups is 1. The fourth-order valence-electron chi connectivity index (χ4n) is 3.21. The van der Waals surface area contributed by atoms with Crippen LogP contribution in [0, 0.1) is 0 Å². The molecule has 0 spiro atoms. The summed E-state index contributed by atoms with van der Waals surface area (Å²) in [5.41, 5.74) is 7.87. The van der Waals surface area contributed by atoms with Gasteiger partial charge in [-0.25, -0.2) is 0 Å². The van der Waals surface area contributed by atoms with E-state index in [4.69, 9.17) is 5.73 Å². The number of nitrogens with two attached hydrogens (primary N) is 1. The Morgan fingerprint density at radius 3 is 2.73 bits per heavy atom. The number of hydrogen-bond acceptors (Lipinski definition) is 4. The van der Waals surface area contributed by atoms with Crippen molar-refractivity contribution >= 4 is 22.9 Å². The van der Waals surface area contributed by atoms with Gasteiger partial charge in [-0.05, 0) is 68.8 Å². The van der Waals surface area contributed by atoms with E-state index >= 15 is 0 Å². The van der Waals surface area contributed by atoms with Crippen molar-refractivity contribution in [1.82, 2.24) is 9.88 Å². The van der Waals surface area contributed by atoms with Crippen molar-refractivity contribution in [2.75, 3.05) is 18.8 Å². The molecule has 0 aromatic carbocycles. The number of thiophene rings is 1. The van der Waals surface area contributed by atoms with E-state index in [-0.39, 0.29) is 5.78 Å². The highest BCUT2D eigenvalue weighted by molar-refractivity contribution is 7.12. The lowest BCUT2D eigenvalue weighted by Gasteiger charge is -2.34. The van der Waals surface area contributed by atoms with Gasteiger partial charge in [0.2, 0.25) is 5.78 Å². The molecule has 118 valence electrons. The Morgan fingerprint density at radius 2 is 2.14 bits per heavy atom. The Hall–Kier alpha value is -1.59. The first-order chi connectivity index (χ1) is 10.6. The number of likely N-dealkylation sites (tertiary alicyclic amines) is 1. The first-order valence-electron chi connectivity index (χ1n) is 7.87. The van der Waals surface area contributed by atoms with Gasteiger partial charge in [-0.1, -0.05) is 6.07 Å². The summed E-state index contributed by atoms with van der Waals surface area (Å²) < 4.78 is 0. The van der Waals surface area contributed by atoms with E-state index in [1.807, 2.05) is 23.6 Å². The number of anilines is 1. The minimum atomic E-state index is 0.0348. The summed E-state index contributed by atoms with van der Waals surface area (Å²) in [6, 6.07) is 6.31. The molecule has 3 heterocycles. The fraction of sp³-hybridized carbons (Fsp3) is 0.471. The average molecular weight is 317 g/mol. The zero-order chi connectivity index (χ0) is 15.7. The molecule has 22 heavy (non-hydrogen) atoms. The molecule has 0 aliphatic carbocycles. The summed E-state index contributed by atoms with van der Waals surface area (Å²) in [7, 11) is 0. The molecule has 5 heteroatoms. The second-order valence-electron chi connectivity index (χ2n) is 6.26. The third-order valence-electron chi connectivity index (χ3n) is 4.57. The zero-order valence-corrected chi connectivity index (χ0v) is 14.0. The second-order valence-corrected chi connectivity index (χ2v) is 7.21. The van der Waals surface area contributed by atoms with E-state index in [0.29, 0.717) is 23.5 Å². The molecular formula is C17H23N3OS. The van der Waals surface area contributed by atoms with Crippen LogP contribution in [0.1, 0.15) is 53.5 Å². The van der Waals surface area contributed by atoms with Crippen molar-refractivity contribution in [3.8, 4) is 0 Å². The highest BCUT2D eigenvalue weighted by Gasteiger charge is 2.25. The maximum atomic E-state index is 12.4. The van der Waals surface area contributed by atoms with Crippen LogP contribution in [0.25, 0.3) is 0 Å². The Labute approximate surface area is 135 Å². The Bertz CT molecular complexity index is 637. The lowest BCUT2D eigenvalue weighted by Crippen LogP contribution is -2.37. The van der Waals surface area contributed by atoms with Crippen molar-refractivity contribution < 1.29 is 4.79 Å². The van der Waals surface area contributed by atoms with Crippen LogP contribution in [-0.2, 0) is 0 Å². The van der Waals surface area contributed by atoms with Gasteiger partial charge in [-0.15, -0.1) is 11.3 Å². The number of rotatable bonds is 4. The van der Waals surface area contributed by atoms with E-state index in [0.717, 1.165) is 36.4 Å². The summed E-state index contributed by atoms with van der Waals surface area (Å²) >= 11 is 1.46. The molecule has 3 N–H and O–H groups in total. The van der Waals surface area contributed by atoms with Crippen LogP contribution in [0.2, 0.25) is 0 Å². The molecule has 0 bridgehead atoms. The van der Waals surface area contributed by atoms with E-state index in [1.165, 1.54) is 11.3 Å². The third-order valence-corrected chi connectivity index (χ3v) is 5.44. The number of nitrogens with one attached hydrogen (secondary N) is 1. The van der Waals surface area contributed by atoms with E-state index in [9.17, 15) is 4.79 Å². The topological polar surface area (TPSA) is 62.1 Å². The molecule has 0 atom stereocenters. The lowest BCUT2D eigenvalue weighted by molar-refractivity contribution is 0.103. The predicted octanol–water partition coefficient (Wildman–Crippen LogP) is 3.48. The van der Waals surface area contributed by atoms with Gasteiger partial charge in [0.05, 0.1) is 10.6 Å². The van der Waals surface area contributed by atoms with Crippen molar-refractivity contribution in [3.63, 3.8) is 0 Å². The molecule has 1 fully saturated rings. The molecular weight excluding hydrogens is 294 g/mol. The molecule has 2 aromatic rings. The highest BCUT2D eigenvalue weighted by atomic mass is 32.1. The van der Waals surface area contributed by atoms with Crippen LogP contribution in [-0.4, -0.2) is 34.8 Å². The molecule has 4 nitrogen and oxygen atoms in total. The third kappa shape index (κ3) is 2.96. The summed E-state index contributed by atoms with van der Waals surface area (Å²) in [5.74, 6) is 1.15. The Kier molecular flexibility index (Phi) is 4.36. The lowest BCUT2D eigenvalue weighted by atomic mass is 9.90. The molecule has 0 unspecified atom stereocenters. The number of ketones is 1. The largest absolute Gasteiger partial charge is 0.385 e. The molecule has 1 saturated heterocycles. The van der Waals surface area contributed by atoms with E-state index in [2.05, 4.69) is 23.7 Å². The summed E-state index contributed by atoms with van der Waals surface area (Å²) in [6.45, 7) is 6.67. The minimum Gasteiger partial charge on any atom is -0.385 e. The minimum absolute atomic E-state index is 0.0348. The molecule has 1 aliphatic rings. The number of carbonyl (C=O) groups excluding carboxylic acids is 1. The van der Waals surface area contributed by atoms with Gasteiger partial charge in [0.1, 0.15) is 5.82 Å². The molecule has 0 amide bonds. The fourth-order valence-corrected chi connectivity index (χ4v) is 3.89. The van der Waals surface area contributed by atoms with Gasteiger partial charge in [0.25, 0.3) is 0 Å². The van der Waals surface area contributed by atoms with Gasteiger partial charge in [-0.3, -0.25) is 4.79 Å². The SMILES string of the molecule is CC(C)N1CCC(c2cc(C(=O)c3cccs3)[nH]c2N)CC1. The van der Waals surface area contributed by atoms with Gasteiger partial charge in [0, 0.05) is 6.04 Å². The Balaban J connectivity index is 1.75. The second kappa shape index (κ2) is 6.26. The Morgan fingerprint density at radius 1 is 1.41 bits per heavy atom. The van der Waals surface area contributed by atoms with Gasteiger partial charge in [-0.2, -0.15) is 0 Å². The van der Waals surface area contributed by atoms with Crippen LogP contribution in [0.3, 0.4) is 0 Å². The smallest absolute Gasteiger partial charge is 0.219 e. The number of aromatic amines is 1. The van der Waals surface area contributed by atoms with Crippen molar-refractivity contribution in [1.29, 1.82) is 0 Å². The van der Waals surface area contributed by atoms with Gasteiger partial charge < -0.3 is 15.6 Å². The van der Waals surface area contributed by atoms with Gasteiger partial charge >= 0.3 is 0 Å². The standard InChI is InChI=1S/C17H23N3OS/c1-11(2)20-7-5-12(6-8-20)13-10-14(19-17(13)18)16(21)15-4-3-9-22-15/h3-4,9-12,19H,5-8,18H2,1-2H3. The maximum absolute atomic E-state index is 12.4. The normalized spacial score (nSPS) is 17.2. The van der Waals surface area contributed by atoms with Crippen molar-refractivity contribution in [2.45, 2.75) is 38.6 Å². The first kappa shape index (κ1) is 15.3. The molecule has 0 saturated carbocycles. The van der Waals surface area contributed by atoms with Crippen LogP contribution in [0.5, 0.6) is 0 Å². The van der Waals surface area contributed by atoms with Crippen LogP contribution in [0.4, 0.5) is 5.82 Å². The summed E-state index contributed by atoms with van der Waals surface area (Å²) in [4.78, 5) is 18.7. The zero-order valence-electron chi connectivity index (χ0n) is 13.1. The maximum Gasteiger partial charge on any atom is 0.219 e. The number of piperidine rings is 1. The average Bonchev–Trinajstić information content (AvgIpc) is 3.16. The van der Waals surface area contributed by atoms with Crippen LogP contribution >= 0.6 is 11.3 Å². The number of H-pyrrole nitrogens is 1. The van der Waals surface area contributed by atoms with Crippen LogP contribution in [0.15, 0.2) is 23.6 Å². The summed E-state index contributed by atoms with van der Waals surface area (Å²) in [6.07, 6.45) is 2.21. The molecule has 3 rings (SSSR count). The van der Waals surface area contributed by atoms with E-state index < -0.39 is 0 Å². The quantitative estimate of drug-likeness (QED) is 0.849. The predicted molar refractivity (Wildman–Crippen MR) is 91.6 cm³/mol. The summed E-state index contributed by atoms with van der Waals surface area (Å²) in [5, 5.41) is 1.92. The van der Waals surface area contributed by atoms with Gasteiger partial charge in [0.15, 0.2) is 0 Å². The number of aromatic nitrogens is 1. The van der Waals surface area contributed by atoms with Crippen molar-refractivity contribution in [3.05, 3.63) is 39.7 Å².